The summed E-state index contributed by atoms with van der Waals surface area (Å²) in [7, 11) is 1.55. The number of primary amides is 1. The second-order valence-electron chi connectivity index (χ2n) is 5.37. The number of carbonyl (C=O) groups is 1. The van der Waals surface area contributed by atoms with Crippen molar-refractivity contribution in [2.45, 2.75) is 0 Å². The molecule has 2 aromatic carbocycles. The van der Waals surface area contributed by atoms with E-state index < -0.39 is 5.91 Å². The first-order valence-electron chi connectivity index (χ1n) is 7.92. The average molecular weight is 350 g/mol. The van der Waals surface area contributed by atoms with E-state index in [4.69, 9.17) is 15.2 Å². The van der Waals surface area contributed by atoms with Gasteiger partial charge < -0.3 is 15.2 Å². The SMILES string of the molecule is COc1cc(-c2n[nH]nc2C(N)=O)ccc1OCC=Cc1ccccc1. The van der Waals surface area contributed by atoms with E-state index in [2.05, 4.69) is 15.4 Å². The molecule has 7 nitrogen and oxygen atoms in total. The molecule has 0 unspecified atom stereocenters. The van der Waals surface area contributed by atoms with Crippen LogP contribution in [0.3, 0.4) is 0 Å². The zero-order valence-electron chi connectivity index (χ0n) is 14.2. The van der Waals surface area contributed by atoms with Gasteiger partial charge >= 0.3 is 0 Å². The van der Waals surface area contributed by atoms with Crippen molar-refractivity contribution in [1.29, 1.82) is 0 Å². The van der Waals surface area contributed by atoms with Gasteiger partial charge in [-0.2, -0.15) is 15.4 Å². The molecule has 3 N–H and O–H groups in total. The number of aromatic nitrogens is 3. The van der Waals surface area contributed by atoms with E-state index in [-0.39, 0.29) is 5.69 Å². The molecule has 0 bridgehead atoms. The number of amides is 1. The van der Waals surface area contributed by atoms with Crippen molar-refractivity contribution >= 4 is 12.0 Å². The zero-order valence-corrected chi connectivity index (χ0v) is 14.2. The van der Waals surface area contributed by atoms with Crippen molar-refractivity contribution in [3.05, 3.63) is 65.9 Å². The Balaban J connectivity index is 1.74. The smallest absolute Gasteiger partial charge is 0.271 e. The molecule has 0 aliphatic carbocycles. The third-order valence-electron chi connectivity index (χ3n) is 3.66. The first-order valence-corrected chi connectivity index (χ1v) is 7.92. The first kappa shape index (κ1) is 17.2. The van der Waals surface area contributed by atoms with Crippen LogP contribution in [-0.2, 0) is 0 Å². The molecule has 0 atom stereocenters. The number of methoxy groups -OCH3 is 1. The van der Waals surface area contributed by atoms with Gasteiger partial charge in [0.15, 0.2) is 17.2 Å². The normalized spacial score (nSPS) is 10.8. The number of benzene rings is 2. The summed E-state index contributed by atoms with van der Waals surface area (Å²) in [6.45, 7) is 0.390. The number of H-pyrrole nitrogens is 1. The maximum Gasteiger partial charge on any atom is 0.271 e. The molecule has 0 saturated heterocycles. The molecule has 0 aliphatic rings. The van der Waals surface area contributed by atoms with Crippen LogP contribution in [0.25, 0.3) is 17.3 Å². The summed E-state index contributed by atoms with van der Waals surface area (Å²) in [5.74, 6) is 0.450. The van der Waals surface area contributed by atoms with Crippen LogP contribution in [0.1, 0.15) is 16.1 Å². The molecule has 0 spiro atoms. The maximum atomic E-state index is 11.4. The quantitative estimate of drug-likeness (QED) is 0.682. The molecule has 0 fully saturated rings. The fourth-order valence-electron chi connectivity index (χ4n) is 2.42. The molecule has 0 saturated carbocycles. The van der Waals surface area contributed by atoms with Crippen LogP contribution in [-0.4, -0.2) is 35.0 Å². The Hall–Kier alpha value is -3.61. The number of ether oxygens (including phenoxy) is 2. The number of hydrogen-bond donors (Lipinski definition) is 2. The summed E-state index contributed by atoms with van der Waals surface area (Å²) in [6, 6.07) is 15.2. The number of nitrogens with zero attached hydrogens (tertiary/aromatic N) is 2. The van der Waals surface area contributed by atoms with E-state index in [0.717, 1.165) is 5.56 Å². The third-order valence-corrected chi connectivity index (χ3v) is 3.66. The molecule has 0 radical (unpaired) electrons. The van der Waals surface area contributed by atoms with E-state index in [1.54, 1.807) is 25.3 Å². The van der Waals surface area contributed by atoms with Gasteiger partial charge in [-0.05, 0) is 29.8 Å². The fourth-order valence-corrected chi connectivity index (χ4v) is 2.42. The molecular weight excluding hydrogens is 332 g/mol. The number of rotatable bonds is 7. The summed E-state index contributed by atoms with van der Waals surface area (Å²) >= 11 is 0. The lowest BCUT2D eigenvalue weighted by molar-refractivity contribution is 0.0996. The topological polar surface area (TPSA) is 103 Å². The van der Waals surface area contributed by atoms with Gasteiger partial charge in [0.1, 0.15) is 12.3 Å². The van der Waals surface area contributed by atoms with E-state index in [9.17, 15) is 4.79 Å². The van der Waals surface area contributed by atoms with Crippen molar-refractivity contribution in [2.24, 2.45) is 5.73 Å². The number of carbonyl (C=O) groups excluding carboxylic acids is 1. The zero-order chi connectivity index (χ0) is 18.4. The molecule has 7 heteroatoms. The molecule has 1 aromatic heterocycles. The highest BCUT2D eigenvalue weighted by Crippen LogP contribution is 2.32. The molecular formula is C19H18N4O3. The minimum atomic E-state index is -0.654. The minimum Gasteiger partial charge on any atom is -0.493 e. The van der Waals surface area contributed by atoms with Crippen molar-refractivity contribution < 1.29 is 14.3 Å². The Morgan fingerprint density at radius 1 is 1.15 bits per heavy atom. The molecule has 3 rings (SSSR count). The van der Waals surface area contributed by atoms with Gasteiger partial charge in [-0.25, -0.2) is 0 Å². The maximum absolute atomic E-state index is 11.4. The van der Waals surface area contributed by atoms with Crippen molar-refractivity contribution in [2.75, 3.05) is 13.7 Å². The van der Waals surface area contributed by atoms with E-state index >= 15 is 0 Å². The molecule has 1 amide bonds. The second-order valence-corrected chi connectivity index (χ2v) is 5.37. The van der Waals surface area contributed by atoms with Crippen LogP contribution >= 0.6 is 0 Å². The number of nitrogens with two attached hydrogens (primary N) is 1. The Morgan fingerprint density at radius 3 is 2.69 bits per heavy atom. The molecule has 0 aliphatic heterocycles. The van der Waals surface area contributed by atoms with Crippen LogP contribution < -0.4 is 15.2 Å². The summed E-state index contributed by atoms with van der Waals surface area (Å²) < 4.78 is 11.1. The lowest BCUT2D eigenvalue weighted by atomic mass is 10.1. The van der Waals surface area contributed by atoms with Gasteiger partial charge in [0.05, 0.1) is 7.11 Å². The van der Waals surface area contributed by atoms with Gasteiger partial charge in [-0.1, -0.05) is 36.4 Å². The summed E-state index contributed by atoms with van der Waals surface area (Å²) in [5, 5.41) is 10.2. The third kappa shape index (κ3) is 3.89. The average Bonchev–Trinajstić information content (AvgIpc) is 3.16. The van der Waals surface area contributed by atoms with E-state index in [1.165, 1.54) is 0 Å². The molecule has 3 aromatic rings. The highest BCUT2D eigenvalue weighted by Gasteiger charge is 2.17. The van der Waals surface area contributed by atoms with Gasteiger partial charge in [0.25, 0.3) is 5.91 Å². The Labute approximate surface area is 150 Å². The van der Waals surface area contributed by atoms with Crippen LogP contribution in [0.2, 0.25) is 0 Å². The standard InChI is InChI=1S/C19H18N4O3/c1-25-16-12-14(17-18(19(20)24)22-23-21-17)9-10-15(16)26-11-5-8-13-6-3-2-4-7-13/h2-10,12H,11H2,1H3,(H2,20,24)(H,21,22,23). The van der Waals surface area contributed by atoms with Crippen LogP contribution in [0.5, 0.6) is 11.5 Å². The van der Waals surface area contributed by atoms with Crippen molar-refractivity contribution in [3.8, 4) is 22.8 Å². The Bertz CT molecular complexity index is 920. The number of aromatic amines is 1. The Kier molecular flexibility index (Phi) is 5.28. The van der Waals surface area contributed by atoms with Gasteiger partial charge in [0.2, 0.25) is 0 Å². The molecule has 26 heavy (non-hydrogen) atoms. The van der Waals surface area contributed by atoms with Crippen LogP contribution in [0.15, 0.2) is 54.6 Å². The van der Waals surface area contributed by atoms with E-state index in [0.29, 0.717) is 29.4 Å². The Morgan fingerprint density at radius 2 is 1.96 bits per heavy atom. The predicted molar refractivity (Wildman–Crippen MR) is 97.9 cm³/mol. The largest absolute Gasteiger partial charge is 0.493 e. The highest BCUT2D eigenvalue weighted by molar-refractivity contribution is 5.96. The minimum absolute atomic E-state index is 0.0755. The monoisotopic (exact) mass is 350 g/mol. The number of hydrogen-bond acceptors (Lipinski definition) is 5. The van der Waals surface area contributed by atoms with E-state index in [1.807, 2.05) is 42.5 Å². The van der Waals surface area contributed by atoms with Crippen molar-refractivity contribution in [1.82, 2.24) is 15.4 Å². The first-order chi connectivity index (χ1) is 12.7. The second kappa shape index (κ2) is 7.98. The summed E-state index contributed by atoms with van der Waals surface area (Å²) in [4.78, 5) is 11.4. The van der Waals surface area contributed by atoms with Gasteiger partial charge in [-0.15, -0.1) is 0 Å². The number of nitrogens with one attached hydrogen (secondary N) is 1. The predicted octanol–water partition coefficient (Wildman–Crippen LogP) is 2.67. The van der Waals surface area contributed by atoms with Gasteiger partial charge in [0, 0.05) is 5.56 Å². The lowest BCUT2D eigenvalue weighted by Crippen LogP contribution is -2.12. The molecule has 1 heterocycles. The van der Waals surface area contributed by atoms with Crippen LogP contribution in [0.4, 0.5) is 0 Å². The summed E-state index contributed by atoms with van der Waals surface area (Å²) in [5.41, 5.74) is 7.49. The molecule has 132 valence electrons. The van der Waals surface area contributed by atoms with Crippen LogP contribution in [0, 0.1) is 0 Å². The highest BCUT2D eigenvalue weighted by atomic mass is 16.5. The lowest BCUT2D eigenvalue weighted by Gasteiger charge is -2.10. The van der Waals surface area contributed by atoms with Crippen molar-refractivity contribution in [3.63, 3.8) is 0 Å². The summed E-state index contributed by atoms with van der Waals surface area (Å²) in [6.07, 6.45) is 3.90. The van der Waals surface area contributed by atoms with Gasteiger partial charge in [-0.3, -0.25) is 4.79 Å². The fraction of sp³-hybridized carbons (Fsp3) is 0.105.